The second-order valence-electron chi connectivity index (χ2n) is 7.92. The molecule has 0 aliphatic heterocycles. The third-order valence-electron chi connectivity index (χ3n) is 5.38. The van der Waals surface area contributed by atoms with E-state index in [1.54, 1.807) is 37.3 Å². The van der Waals surface area contributed by atoms with Crippen molar-refractivity contribution in [2.75, 3.05) is 23.7 Å². The monoisotopic (exact) mass is 459 g/mol. The second-order valence-corrected chi connectivity index (χ2v) is 9.83. The quantitative estimate of drug-likeness (QED) is 0.560. The minimum Gasteiger partial charge on any atom is -0.352 e. The average molecular weight is 460 g/mol. The van der Waals surface area contributed by atoms with Crippen LogP contribution in [-0.4, -0.2) is 56.6 Å². The highest BCUT2D eigenvalue weighted by Crippen LogP contribution is 2.18. The Hall–Kier alpha value is -2.87. The number of anilines is 1. The number of hydrogen-bond donors (Lipinski definition) is 1. The summed E-state index contributed by atoms with van der Waals surface area (Å²) < 4.78 is 25.9. The SMILES string of the molecule is CC[C@@H](C)NC(=O)[C@@H](C)N(CCc1ccccc1)C(=O)CN(c1ccccc1)S(C)(=O)=O. The van der Waals surface area contributed by atoms with Crippen LogP contribution in [0.25, 0.3) is 0 Å². The fourth-order valence-corrected chi connectivity index (χ4v) is 4.09. The third-order valence-corrected chi connectivity index (χ3v) is 6.52. The summed E-state index contributed by atoms with van der Waals surface area (Å²) in [5, 5.41) is 2.91. The number of nitrogens with zero attached hydrogens (tertiary/aromatic N) is 2. The van der Waals surface area contributed by atoms with Gasteiger partial charge in [0, 0.05) is 12.6 Å². The normalized spacial score (nSPS) is 13.1. The molecule has 174 valence electrons. The lowest BCUT2D eigenvalue weighted by Crippen LogP contribution is -2.53. The van der Waals surface area contributed by atoms with E-state index >= 15 is 0 Å². The van der Waals surface area contributed by atoms with E-state index in [4.69, 9.17) is 0 Å². The summed E-state index contributed by atoms with van der Waals surface area (Å²) >= 11 is 0. The van der Waals surface area contributed by atoms with Crippen molar-refractivity contribution in [2.45, 2.75) is 45.7 Å². The Balaban J connectivity index is 2.27. The molecule has 0 unspecified atom stereocenters. The van der Waals surface area contributed by atoms with E-state index in [0.29, 0.717) is 18.7 Å². The molecule has 0 heterocycles. The summed E-state index contributed by atoms with van der Waals surface area (Å²) in [6.45, 7) is 5.47. The first-order valence-electron chi connectivity index (χ1n) is 10.8. The largest absolute Gasteiger partial charge is 0.352 e. The summed E-state index contributed by atoms with van der Waals surface area (Å²) in [6.07, 6.45) is 2.39. The molecule has 0 spiro atoms. The van der Waals surface area contributed by atoms with Gasteiger partial charge in [-0.25, -0.2) is 8.42 Å². The van der Waals surface area contributed by atoms with Gasteiger partial charge in [-0.15, -0.1) is 0 Å². The highest BCUT2D eigenvalue weighted by atomic mass is 32.2. The lowest BCUT2D eigenvalue weighted by Gasteiger charge is -2.32. The standard InChI is InChI=1S/C24H33N3O4S/c1-5-19(2)25-24(29)20(3)26(17-16-21-12-8-6-9-13-21)23(28)18-27(32(4,30)31)22-14-10-7-11-15-22/h6-15,19-20H,5,16-18H2,1-4H3,(H,25,29)/t19-,20-/m1/s1. The maximum atomic E-state index is 13.3. The van der Waals surface area contributed by atoms with Crippen LogP contribution in [0, 0.1) is 0 Å². The second kappa shape index (κ2) is 11.7. The maximum Gasteiger partial charge on any atom is 0.244 e. The number of hydrogen-bond acceptors (Lipinski definition) is 4. The zero-order valence-electron chi connectivity index (χ0n) is 19.2. The van der Waals surface area contributed by atoms with E-state index in [1.807, 2.05) is 44.2 Å². The minimum atomic E-state index is -3.70. The summed E-state index contributed by atoms with van der Waals surface area (Å²) in [4.78, 5) is 27.6. The van der Waals surface area contributed by atoms with Crippen molar-refractivity contribution >= 4 is 27.5 Å². The molecule has 2 amide bonds. The molecule has 0 aromatic heterocycles. The number of nitrogens with one attached hydrogen (secondary N) is 1. The molecule has 0 aliphatic carbocycles. The number of sulfonamides is 1. The van der Waals surface area contributed by atoms with Gasteiger partial charge < -0.3 is 10.2 Å². The molecule has 7 nitrogen and oxygen atoms in total. The van der Waals surface area contributed by atoms with Crippen molar-refractivity contribution in [2.24, 2.45) is 0 Å². The zero-order chi connectivity index (χ0) is 23.7. The van der Waals surface area contributed by atoms with E-state index in [9.17, 15) is 18.0 Å². The Morgan fingerprint density at radius 1 is 0.969 bits per heavy atom. The minimum absolute atomic E-state index is 0.0205. The third kappa shape index (κ3) is 7.37. The van der Waals surface area contributed by atoms with Gasteiger partial charge >= 0.3 is 0 Å². The van der Waals surface area contributed by atoms with Crippen LogP contribution < -0.4 is 9.62 Å². The highest BCUT2D eigenvalue weighted by Gasteiger charge is 2.30. The number of carbonyl (C=O) groups excluding carboxylic acids is 2. The molecule has 0 fully saturated rings. The van der Waals surface area contributed by atoms with Crippen LogP contribution in [0.5, 0.6) is 0 Å². The maximum absolute atomic E-state index is 13.3. The fraction of sp³-hybridized carbons (Fsp3) is 0.417. The molecule has 0 saturated carbocycles. The molecule has 1 N–H and O–H groups in total. The Morgan fingerprint density at radius 2 is 1.53 bits per heavy atom. The molecule has 0 saturated heterocycles. The predicted octanol–water partition coefficient (Wildman–Crippen LogP) is 2.83. The van der Waals surface area contributed by atoms with Crippen LogP contribution in [0.2, 0.25) is 0 Å². The van der Waals surface area contributed by atoms with Crippen molar-refractivity contribution in [3.05, 3.63) is 66.2 Å². The van der Waals surface area contributed by atoms with E-state index in [2.05, 4.69) is 5.32 Å². The van der Waals surface area contributed by atoms with Crippen molar-refractivity contribution in [3.63, 3.8) is 0 Å². The molecular formula is C24H33N3O4S. The number of carbonyl (C=O) groups is 2. The number of rotatable bonds is 11. The van der Waals surface area contributed by atoms with Crippen LogP contribution in [0.3, 0.4) is 0 Å². The van der Waals surface area contributed by atoms with Gasteiger partial charge in [0.15, 0.2) is 0 Å². The van der Waals surface area contributed by atoms with Crippen LogP contribution in [0.4, 0.5) is 5.69 Å². The van der Waals surface area contributed by atoms with E-state index in [1.165, 1.54) is 4.90 Å². The predicted molar refractivity (Wildman–Crippen MR) is 128 cm³/mol. The van der Waals surface area contributed by atoms with Gasteiger partial charge in [-0.3, -0.25) is 13.9 Å². The Labute approximate surface area is 191 Å². The van der Waals surface area contributed by atoms with Gasteiger partial charge in [-0.2, -0.15) is 0 Å². The molecule has 0 bridgehead atoms. The molecule has 2 atom stereocenters. The van der Waals surface area contributed by atoms with E-state index < -0.39 is 22.0 Å². The molecular weight excluding hydrogens is 426 g/mol. The number of amides is 2. The lowest BCUT2D eigenvalue weighted by molar-refractivity contribution is -0.139. The van der Waals surface area contributed by atoms with Gasteiger partial charge in [0.2, 0.25) is 21.8 Å². The first kappa shape index (κ1) is 25.4. The van der Waals surface area contributed by atoms with Gasteiger partial charge in [-0.05, 0) is 44.4 Å². The highest BCUT2D eigenvalue weighted by molar-refractivity contribution is 7.92. The van der Waals surface area contributed by atoms with E-state index in [0.717, 1.165) is 22.5 Å². The summed E-state index contributed by atoms with van der Waals surface area (Å²) in [7, 11) is -3.70. The average Bonchev–Trinajstić information content (AvgIpc) is 2.77. The zero-order valence-corrected chi connectivity index (χ0v) is 20.0. The molecule has 0 radical (unpaired) electrons. The van der Waals surface area contributed by atoms with Crippen molar-refractivity contribution in [1.29, 1.82) is 0 Å². The Morgan fingerprint density at radius 3 is 2.06 bits per heavy atom. The van der Waals surface area contributed by atoms with Crippen LogP contribution in [-0.2, 0) is 26.0 Å². The summed E-state index contributed by atoms with van der Waals surface area (Å²) in [5.74, 6) is -0.687. The van der Waals surface area contributed by atoms with Gasteiger partial charge in [0.1, 0.15) is 12.6 Å². The first-order chi connectivity index (χ1) is 15.1. The molecule has 0 aliphatic rings. The van der Waals surface area contributed by atoms with E-state index in [-0.39, 0.29) is 18.5 Å². The van der Waals surface area contributed by atoms with Gasteiger partial charge in [0.25, 0.3) is 0 Å². The topological polar surface area (TPSA) is 86.8 Å². The molecule has 32 heavy (non-hydrogen) atoms. The molecule has 2 aromatic rings. The van der Waals surface area contributed by atoms with Gasteiger partial charge in [-0.1, -0.05) is 55.5 Å². The van der Waals surface area contributed by atoms with Crippen LogP contribution in [0.15, 0.2) is 60.7 Å². The summed E-state index contributed by atoms with van der Waals surface area (Å²) in [5.41, 5.74) is 1.44. The molecule has 2 aromatic carbocycles. The number of benzene rings is 2. The van der Waals surface area contributed by atoms with Crippen molar-refractivity contribution < 1.29 is 18.0 Å². The first-order valence-corrected chi connectivity index (χ1v) is 12.6. The van der Waals surface area contributed by atoms with Crippen LogP contribution in [0.1, 0.15) is 32.8 Å². The lowest BCUT2D eigenvalue weighted by atomic mass is 10.1. The number of para-hydroxylation sites is 1. The molecule has 2 rings (SSSR count). The van der Waals surface area contributed by atoms with Crippen molar-refractivity contribution in [1.82, 2.24) is 10.2 Å². The van der Waals surface area contributed by atoms with Gasteiger partial charge in [0.05, 0.1) is 11.9 Å². The Bertz CT molecular complexity index is 981. The Kier molecular flexibility index (Phi) is 9.26. The van der Waals surface area contributed by atoms with Crippen LogP contribution >= 0.6 is 0 Å². The molecule has 8 heteroatoms. The fourth-order valence-electron chi connectivity index (χ4n) is 3.24. The van der Waals surface area contributed by atoms with Crippen molar-refractivity contribution in [3.8, 4) is 0 Å². The smallest absolute Gasteiger partial charge is 0.244 e. The summed E-state index contributed by atoms with van der Waals surface area (Å²) in [6, 6.07) is 17.4.